The lowest BCUT2D eigenvalue weighted by Crippen LogP contribution is -2.47. The summed E-state index contributed by atoms with van der Waals surface area (Å²) in [4.78, 5) is 25.5. The molecule has 4 aliphatic heterocycles. The van der Waals surface area contributed by atoms with Crippen LogP contribution < -0.4 is 10.9 Å². The van der Waals surface area contributed by atoms with Gasteiger partial charge in [-0.1, -0.05) is 31.0 Å². The highest BCUT2D eigenvalue weighted by molar-refractivity contribution is 7.99. The number of pyridine rings is 1. The van der Waals surface area contributed by atoms with Crippen molar-refractivity contribution < 1.29 is 8.78 Å². The quantitative estimate of drug-likeness (QED) is 0.333. The van der Waals surface area contributed by atoms with Gasteiger partial charge in [0, 0.05) is 43.2 Å². The van der Waals surface area contributed by atoms with Crippen LogP contribution >= 0.6 is 11.8 Å². The van der Waals surface area contributed by atoms with Crippen LogP contribution in [0.25, 0.3) is 11.0 Å². The van der Waals surface area contributed by atoms with Crippen molar-refractivity contribution in [1.29, 1.82) is 5.26 Å². The fourth-order valence-electron chi connectivity index (χ4n) is 6.86. The molecule has 1 aromatic carbocycles. The summed E-state index contributed by atoms with van der Waals surface area (Å²) in [6, 6.07) is 10.7. The number of hydrogen-bond acceptors (Lipinski definition) is 7. The molecule has 7 rings (SSSR count). The molecule has 0 spiro atoms. The van der Waals surface area contributed by atoms with Crippen LogP contribution in [0.1, 0.15) is 81.0 Å². The first-order chi connectivity index (χ1) is 20.8. The Labute approximate surface area is 256 Å². The number of benzene rings is 1. The van der Waals surface area contributed by atoms with Gasteiger partial charge in [0.1, 0.15) is 17.8 Å². The van der Waals surface area contributed by atoms with E-state index in [1.165, 1.54) is 12.4 Å². The van der Waals surface area contributed by atoms with Gasteiger partial charge in [-0.05, 0) is 80.7 Å². The van der Waals surface area contributed by atoms with Crippen molar-refractivity contribution in [2.75, 3.05) is 36.5 Å². The first-order valence-corrected chi connectivity index (χ1v) is 16.8. The second kappa shape index (κ2) is 12.5. The average molecular weight is 607 g/mol. The Hall–Kier alpha value is -3.03. The molecular weight excluding hydrogens is 566 g/mol. The van der Waals surface area contributed by atoms with Gasteiger partial charge in [0.25, 0.3) is 11.5 Å². The topological polar surface area (TPSA) is 86.8 Å². The lowest BCUT2D eigenvalue weighted by Gasteiger charge is -2.40. The number of anilines is 1. The van der Waals surface area contributed by atoms with E-state index in [1.54, 1.807) is 16.7 Å². The minimum absolute atomic E-state index is 0.0375. The van der Waals surface area contributed by atoms with Crippen molar-refractivity contribution in [3.63, 3.8) is 0 Å². The van der Waals surface area contributed by atoms with Crippen molar-refractivity contribution in [3.05, 3.63) is 63.7 Å². The van der Waals surface area contributed by atoms with E-state index in [9.17, 15) is 10.1 Å². The van der Waals surface area contributed by atoms with Crippen LogP contribution in [0, 0.1) is 17.2 Å². The van der Waals surface area contributed by atoms with Crippen LogP contribution in [-0.4, -0.2) is 50.6 Å². The fraction of sp³-hybridized carbons (Fsp3) is 0.576. The van der Waals surface area contributed by atoms with Gasteiger partial charge >= 0.3 is 0 Å². The molecule has 0 unspecified atom stereocenters. The molecule has 2 fully saturated rings. The normalized spacial score (nSPS) is 26.0. The molecule has 2 saturated heterocycles. The highest BCUT2D eigenvalue weighted by Crippen LogP contribution is 2.39. The molecule has 1 atom stereocenters. The molecule has 7 nitrogen and oxygen atoms in total. The third-order valence-electron chi connectivity index (χ3n) is 9.63. The van der Waals surface area contributed by atoms with Gasteiger partial charge in [-0.15, -0.1) is 0 Å². The van der Waals surface area contributed by atoms with Crippen LogP contribution in [0.5, 0.6) is 0 Å². The minimum Gasteiger partial charge on any atom is -0.363 e. The smallest absolute Gasteiger partial charge is 0.273 e. The number of alkyl halides is 2. The second-order valence-electron chi connectivity index (χ2n) is 12.6. The molecule has 0 saturated carbocycles. The number of nitriles is 1. The highest BCUT2D eigenvalue weighted by atomic mass is 32.2. The maximum Gasteiger partial charge on any atom is 0.273 e. The highest BCUT2D eigenvalue weighted by Gasteiger charge is 2.38. The zero-order chi connectivity index (χ0) is 30.0. The molecule has 0 amide bonds. The van der Waals surface area contributed by atoms with E-state index in [1.807, 2.05) is 30.8 Å². The van der Waals surface area contributed by atoms with E-state index >= 15 is 8.78 Å². The predicted molar refractivity (Wildman–Crippen MR) is 168 cm³/mol. The predicted octanol–water partition coefficient (Wildman–Crippen LogP) is 6.63. The van der Waals surface area contributed by atoms with E-state index in [2.05, 4.69) is 26.3 Å². The summed E-state index contributed by atoms with van der Waals surface area (Å²) in [5.41, 5.74) is 0.832. The molecule has 0 radical (unpaired) electrons. The molecule has 228 valence electrons. The molecule has 6 heterocycles. The number of halogens is 2. The Balaban J connectivity index is 1.41. The maximum absolute atomic E-state index is 15.4. The summed E-state index contributed by atoms with van der Waals surface area (Å²) in [7, 11) is 0. The lowest BCUT2D eigenvalue weighted by atomic mass is 9.77. The molecular formula is C33H40F2N6OS. The van der Waals surface area contributed by atoms with E-state index < -0.39 is 11.3 Å². The van der Waals surface area contributed by atoms with Gasteiger partial charge in [-0.25, -0.2) is 18.7 Å². The third-order valence-corrected chi connectivity index (χ3v) is 10.6. The summed E-state index contributed by atoms with van der Waals surface area (Å²) in [5.74, 6) is -0.378. The molecule has 1 N–H and O–H groups in total. The Morgan fingerprint density at radius 3 is 2.58 bits per heavy atom. The monoisotopic (exact) mass is 606 g/mol. The largest absolute Gasteiger partial charge is 0.363 e. The number of thioether (sulfide) groups is 1. The average Bonchev–Trinajstić information content (AvgIpc) is 3.00. The Morgan fingerprint density at radius 1 is 1.05 bits per heavy atom. The number of aromatic nitrogens is 3. The Morgan fingerprint density at radius 2 is 1.81 bits per heavy atom. The molecule has 4 aliphatic rings. The molecule has 8 bridgehead atoms. The van der Waals surface area contributed by atoms with Crippen molar-refractivity contribution in [2.24, 2.45) is 5.92 Å². The molecule has 10 heteroatoms. The molecule has 2 aromatic heterocycles. The van der Waals surface area contributed by atoms with Gasteiger partial charge in [-0.2, -0.15) is 17.0 Å². The van der Waals surface area contributed by atoms with Gasteiger partial charge in [0.2, 0.25) is 0 Å². The van der Waals surface area contributed by atoms with Crippen LogP contribution in [-0.2, 0) is 17.9 Å². The Bertz CT molecular complexity index is 1560. The second-order valence-corrected chi connectivity index (χ2v) is 13.8. The summed E-state index contributed by atoms with van der Waals surface area (Å²) in [6.07, 6.45) is 6.98. The first-order valence-electron chi connectivity index (χ1n) is 15.6. The van der Waals surface area contributed by atoms with Crippen LogP contribution in [0.2, 0.25) is 0 Å². The van der Waals surface area contributed by atoms with Gasteiger partial charge in [0.15, 0.2) is 0 Å². The van der Waals surface area contributed by atoms with E-state index in [-0.39, 0.29) is 23.6 Å². The third kappa shape index (κ3) is 6.16. The summed E-state index contributed by atoms with van der Waals surface area (Å²) < 4.78 is 32.5. The van der Waals surface area contributed by atoms with Crippen molar-refractivity contribution in [1.82, 2.24) is 19.4 Å². The number of nitrogens with one attached hydrogen (secondary N) is 1. The number of fused-ring (bicyclic) bond motifs is 8. The first kappa shape index (κ1) is 30.0. The maximum atomic E-state index is 15.4. The number of nitrogens with zero attached hydrogens (tertiary/aromatic N) is 5. The van der Waals surface area contributed by atoms with E-state index in [4.69, 9.17) is 0 Å². The summed E-state index contributed by atoms with van der Waals surface area (Å²) in [6.45, 7) is 5.22. The zero-order valence-corrected chi connectivity index (χ0v) is 25.6. The van der Waals surface area contributed by atoms with Gasteiger partial charge < -0.3 is 10.2 Å². The fourth-order valence-corrected chi connectivity index (χ4v) is 8.05. The van der Waals surface area contributed by atoms with Gasteiger partial charge in [0.05, 0.1) is 16.9 Å². The van der Waals surface area contributed by atoms with Crippen LogP contribution in [0.4, 0.5) is 14.6 Å². The SMILES string of the molecule is C[C@H]1Nc2ncnc3c2cc(C2(C#N)CCSCC2)c(=O)n3CCCCCCN2CC(CCC(F)(F)c3cccc1c3)C2. The van der Waals surface area contributed by atoms with Crippen molar-refractivity contribution in [2.45, 2.75) is 82.2 Å². The minimum atomic E-state index is -2.90. The van der Waals surface area contributed by atoms with Crippen molar-refractivity contribution >= 4 is 28.6 Å². The summed E-state index contributed by atoms with van der Waals surface area (Å²) in [5, 5.41) is 14.5. The zero-order valence-electron chi connectivity index (χ0n) is 24.8. The van der Waals surface area contributed by atoms with E-state index in [0.717, 1.165) is 62.4 Å². The molecule has 43 heavy (non-hydrogen) atoms. The lowest BCUT2D eigenvalue weighted by molar-refractivity contribution is -0.0291. The van der Waals surface area contributed by atoms with E-state index in [0.29, 0.717) is 54.1 Å². The summed E-state index contributed by atoms with van der Waals surface area (Å²) >= 11 is 1.81. The number of aryl methyl sites for hydroxylation is 1. The number of hydrogen-bond donors (Lipinski definition) is 1. The molecule has 0 aliphatic carbocycles. The van der Waals surface area contributed by atoms with Crippen molar-refractivity contribution in [3.8, 4) is 6.07 Å². The number of rotatable bonds is 1. The van der Waals surface area contributed by atoms with Gasteiger partial charge in [-0.3, -0.25) is 9.36 Å². The van der Waals surface area contributed by atoms with Crippen LogP contribution in [0.3, 0.4) is 0 Å². The Kier molecular flexibility index (Phi) is 8.74. The molecule has 3 aromatic rings. The van der Waals surface area contributed by atoms with Crippen LogP contribution in [0.15, 0.2) is 41.5 Å². The standard InChI is InChI=1S/C33H40F2N6OS/c1-23-25-7-6-8-26(17-25)33(34,35)10-9-24-19-40(20-24)13-4-2-3-5-14-41-30-27(29(39-23)37-22-38-30)18-28(31(41)42)32(21-36)11-15-43-16-12-32/h6-8,17-18,22-24H,2-5,9-16,19-20H2,1H3,(H,37,38,39)/t23-/m1/s1.